The van der Waals surface area contributed by atoms with Gasteiger partial charge in [-0.1, -0.05) is 13.8 Å². The van der Waals surface area contributed by atoms with Crippen molar-refractivity contribution in [2.45, 2.75) is 59.0 Å². The normalized spacial score (nSPS) is 12.9. The lowest BCUT2D eigenvalue weighted by molar-refractivity contribution is 0.467. The van der Waals surface area contributed by atoms with Crippen LogP contribution in [0.3, 0.4) is 0 Å². The second kappa shape index (κ2) is 7.44. The van der Waals surface area contributed by atoms with E-state index < -0.39 is 0 Å². The molecule has 0 saturated carbocycles. The molecule has 16 heavy (non-hydrogen) atoms. The van der Waals surface area contributed by atoms with Crippen molar-refractivity contribution in [2.75, 3.05) is 6.54 Å². The first-order valence-corrected chi connectivity index (χ1v) is 6.54. The quantitative estimate of drug-likeness (QED) is 0.734. The Morgan fingerprint density at radius 2 is 2.19 bits per heavy atom. The Labute approximate surface area is 99.2 Å². The molecule has 1 heterocycles. The third-order valence-electron chi connectivity index (χ3n) is 3.01. The van der Waals surface area contributed by atoms with Crippen LogP contribution < -0.4 is 5.32 Å². The van der Waals surface area contributed by atoms with E-state index in [4.69, 9.17) is 0 Å². The maximum atomic E-state index is 4.29. The fraction of sp³-hybridized carbons (Fsp3) is 0.769. The molecule has 3 nitrogen and oxygen atoms in total. The highest BCUT2D eigenvalue weighted by Gasteiger charge is 2.04. The van der Waals surface area contributed by atoms with Gasteiger partial charge >= 0.3 is 0 Å². The number of hydrogen-bond donors (Lipinski definition) is 1. The summed E-state index contributed by atoms with van der Waals surface area (Å²) in [7, 11) is 0. The molecule has 0 bridgehead atoms. The SMILES string of the molecule is CCNC(CC)CCCc1cnn(CC)c1. The third-order valence-corrected chi connectivity index (χ3v) is 3.01. The van der Waals surface area contributed by atoms with Gasteiger partial charge in [-0.3, -0.25) is 4.68 Å². The average Bonchev–Trinajstić information content (AvgIpc) is 2.76. The minimum Gasteiger partial charge on any atom is -0.314 e. The molecule has 0 spiro atoms. The van der Waals surface area contributed by atoms with Crippen LogP contribution in [0.1, 0.15) is 45.6 Å². The van der Waals surface area contributed by atoms with E-state index in [9.17, 15) is 0 Å². The van der Waals surface area contributed by atoms with E-state index in [1.165, 1.54) is 24.8 Å². The second-order valence-corrected chi connectivity index (χ2v) is 4.26. The molecule has 3 heteroatoms. The molecule has 0 fully saturated rings. The lowest BCUT2D eigenvalue weighted by atomic mass is 10.1. The van der Waals surface area contributed by atoms with Crippen LogP contribution in [0.15, 0.2) is 12.4 Å². The first kappa shape index (κ1) is 13.2. The van der Waals surface area contributed by atoms with Gasteiger partial charge in [0.15, 0.2) is 0 Å². The number of hydrogen-bond acceptors (Lipinski definition) is 2. The Hall–Kier alpha value is -0.830. The second-order valence-electron chi connectivity index (χ2n) is 4.26. The lowest BCUT2D eigenvalue weighted by Gasteiger charge is -2.14. The molecule has 1 aromatic heterocycles. The summed E-state index contributed by atoms with van der Waals surface area (Å²) < 4.78 is 2.00. The molecule has 0 amide bonds. The third kappa shape index (κ3) is 4.35. The molecule has 0 aliphatic heterocycles. The molecule has 0 aliphatic carbocycles. The zero-order valence-corrected chi connectivity index (χ0v) is 10.9. The van der Waals surface area contributed by atoms with Crippen LogP contribution >= 0.6 is 0 Å². The number of aryl methyl sites for hydroxylation is 2. The van der Waals surface area contributed by atoms with Gasteiger partial charge in [0.1, 0.15) is 0 Å². The molecule has 1 aromatic rings. The Balaban J connectivity index is 2.23. The Morgan fingerprint density at radius 1 is 1.38 bits per heavy atom. The molecule has 0 saturated heterocycles. The number of aromatic nitrogens is 2. The van der Waals surface area contributed by atoms with E-state index in [1.54, 1.807) is 0 Å². The molecule has 1 N–H and O–H groups in total. The van der Waals surface area contributed by atoms with Crippen LogP contribution in [-0.2, 0) is 13.0 Å². The first-order valence-electron chi connectivity index (χ1n) is 6.54. The highest BCUT2D eigenvalue weighted by molar-refractivity contribution is 5.03. The summed E-state index contributed by atoms with van der Waals surface area (Å²) in [6, 6.07) is 0.686. The molecule has 1 rings (SSSR count). The Bertz CT molecular complexity index is 280. The molecule has 0 aliphatic rings. The Morgan fingerprint density at radius 3 is 2.75 bits per heavy atom. The minimum atomic E-state index is 0.686. The standard InChI is InChI=1S/C13H25N3/c1-4-13(14-5-2)9-7-8-12-10-15-16(6-3)11-12/h10-11,13-14H,4-9H2,1-3H3. The zero-order valence-electron chi connectivity index (χ0n) is 10.9. The summed E-state index contributed by atoms with van der Waals surface area (Å²) in [5, 5.41) is 7.80. The molecule has 1 unspecified atom stereocenters. The van der Waals surface area contributed by atoms with E-state index in [-0.39, 0.29) is 0 Å². The highest BCUT2D eigenvalue weighted by Crippen LogP contribution is 2.08. The van der Waals surface area contributed by atoms with Gasteiger partial charge in [0.05, 0.1) is 6.20 Å². The van der Waals surface area contributed by atoms with Gasteiger partial charge in [0.2, 0.25) is 0 Å². The van der Waals surface area contributed by atoms with Crippen molar-refractivity contribution in [3.8, 4) is 0 Å². The van der Waals surface area contributed by atoms with Gasteiger partial charge in [-0.2, -0.15) is 5.10 Å². The van der Waals surface area contributed by atoms with Crippen LogP contribution in [-0.4, -0.2) is 22.4 Å². The van der Waals surface area contributed by atoms with Gasteiger partial charge < -0.3 is 5.32 Å². The summed E-state index contributed by atoms with van der Waals surface area (Å²) in [5.41, 5.74) is 1.37. The van der Waals surface area contributed by atoms with Crippen LogP contribution in [0.4, 0.5) is 0 Å². The molecule has 1 atom stereocenters. The fourth-order valence-electron chi connectivity index (χ4n) is 2.00. The largest absolute Gasteiger partial charge is 0.314 e. The molecule has 0 aromatic carbocycles. The predicted molar refractivity (Wildman–Crippen MR) is 68.6 cm³/mol. The van der Waals surface area contributed by atoms with E-state index in [0.717, 1.165) is 19.5 Å². The smallest absolute Gasteiger partial charge is 0.0521 e. The minimum absolute atomic E-state index is 0.686. The monoisotopic (exact) mass is 223 g/mol. The van der Waals surface area contributed by atoms with Gasteiger partial charge in [-0.15, -0.1) is 0 Å². The number of nitrogens with zero attached hydrogens (tertiary/aromatic N) is 2. The van der Waals surface area contributed by atoms with Crippen molar-refractivity contribution in [1.29, 1.82) is 0 Å². The summed E-state index contributed by atoms with van der Waals surface area (Å²) in [5.74, 6) is 0. The Kier molecular flexibility index (Phi) is 6.16. The lowest BCUT2D eigenvalue weighted by Crippen LogP contribution is -2.27. The van der Waals surface area contributed by atoms with Crippen molar-refractivity contribution in [2.24, 2.45) is 0 Å². The van der Waals surface area contributed by atoms with Crippen LogP contribution in [0.5, 0.6) is 0 Å². The van der Waals surface area contributed by atoms with Crippen molar-refractivity contribution in [1.82, 2.24) is 15.1 Å². The van der Waals surface area contributed by atoms with Gasteiger partial charge in [-0.05, 0) is 44.7 Å². The zero-order chi connectivity index (χ0) is 11.8. The maximum absolute atomic E-state index is 4.29. The van der Waals surface area contributed by atoms with Gasteiger partial charge in [0.25, 0.3) is 0 Å². The molecular weight excluding hydrogens is 198 g/mol. The van der Waals surface area contributed by atoms with E-state index in [1.807, 2.05) is 10.9 Å². The van der Waals surface area contributed by atoms with Crippen molar-refractivity contribution >= 4 is 0 Å². The number of nitrogens with one attached hydrogen (secondary N) is 1. The van der Waals surface area contributed by atoms with E-state index >= 15 is 0 Å². The summed E-state index contributed by atoms with van der Waals surface area (Å²) in [6.45, 7) is 8.59. The van der Waals surface area contributed by atoms with Crippen LogP contribution in [0.25, 0.3) is 0 Å². The molecular formula is C13H25N3. The highest BCUT2D eigenvalue weighted by atomic mass is 15.3. The predicted octanol–water partition coefficient (Wildman–Crippen LogP) is 2.61. The number of rotatable bonds is 8. The summed E-state index contributed by atoms with van der Waals surface area (Å²) >= 11 is 0. The maximum Gasteiger partial charge on any atom is 0.0521 e. The van der Waals surface area contributed by atoms with Crippen molar-refractivity contribution in [3.63, 3.8) is 0 Å². The molecule has 0 radical (unpaired) electrons. The average molecular weight is 223 g/mol. The summed E-state index contributed by atoms with van der Waals surface area (Å²) in [6.07, 6.45) is 9.05. The van der Waals surface area contributed by atoms with Crippen molar-refractivity contribution in [3.05, 3.63) is 18.0 Å². The summed E-state index contributed by atoms with van der Waals surface area (Å²) in [4.78, 5) is 0. The van der Waals surface area contributed by atoms with E-state index in [0.29, 0.717) is 6.04 Å². The van der Waals surface area contributed by atoms with Crippen LogP contribution in [0.2, 0.25) is 0 Å². The topological polar surface area (TPSA) is 29.9 Å². The van der Waals surface area contributed by atoms with Crippen molar-refractivity contribution < 1.29 is 0 Å². The van der Waals surface area contributed by atoms with Crippen LogP contribution in [0, 0.1) is 0 Å². The van der Waals surface area contributed by atoms with Gasteiger partial charge in [0, 0.05) is 18.8 Å². The first-order chi connectivity index (χ1) is 7.80. The molecule has 92 valence electrons. The fourth-order valence-corrected chi connectivity index (χ4v) is 2.00. The van der Waals surface area contributed by atoms with Gasteiger partial charge in [-0.25, -0.2) is 0 Å². The van der Waals surface area contributed by atoms with E-state index in [2.05, 4.69) is 37.4 Å².